The van der Waals surface area contributed by atoms with Crippen molar-refractivity contribution in [3.8, 4) is 0 Å². The third-order valence-electron chi connectivity index (χ3n) is 5.15. The van der Waals surface area contributed by atoms with Gasteiger partial charge in [-0.25, -0.2) is 4.99 Å². The van der Waals surface area contributed by atoms with Crippen LogP contribution in [-0.2, 0) is 18.7 Å². The lowest BCUT2D eigenvalue weighted by Crippen LogP contribution is -2.44. The number of nitrogens with zero attached hydrogens (tertiary/aromatic N) is 2. The van der Waals surface area contributed by atoms with Crippen LogP contribution >= 0.6 is 0 Å². The second-order valence-corrected chi connectivity index (χ2v) is 7.42. The van der Waals surface area contributed by atoms with Crippen LogP contribution in [0.4, 0.5) is 0 Å². The average Bonchev–Trinajstić information content (AvgIpc) is 2.75. The maximum Gasteiger partial charge on any atom is 0.191 e. The molecule has 5 heteroatoms. The summed E-state index contributed by atoms with van der Waals surface area (Å²) in [4.78, 5) is 7.17. The molecule has 2 aromatic carbocycles. The Morgan fingerprint density at radius 3 is 2.17 bits per heavy atom. The largest absolute Gasteiger partial charge is 0.384 e. The van der Waals surface area contributed by atoms with Crippen molar-refractivity contribution in [3.05, 3.63) is 71.3 Å². The van der Waals surface area contributed by atoms with Crippen molar-refractivity contribution < 1.29 is 5.11 Å². The minimum Gasteiger partial charge on any atom is -0.384 e. The maximum atomic E-state index is 10.8. The summed E-state index contributed by atoms with van der Waals surface area (Å²) in [6.45, 7) is 13.0. The molecule has 0 bridgehead atoms. The molecule has 1 unspecified atom stereocenters. The number of nitrogens with one attached hydrogen (secondary N) is 2. The fourth-order valence-electron chi connectivity index (χ4n) is 3.22. The molecule has 0 saturated carbocycles. The molecule has 0 heterocycles. The van der Waals surface area contributed by atoms with Crippen molar-refractivity contribution in [3.63, 3.8) is 0 Å². The van der Waals surface area contributed by atoms with Gasteiger partial charge in [-0.1, -0.05) is 68.4 Å². The lowest BCUT2D eigenvalue weighted by atomic mass is 9.96. The van der Waals surface area contributed by atoms with E-state index in [1.165, 1.54) is 11.1 Å². The summed E-state index contributed by atoms with van der Waals surface area (Å²) in [6, 6.07) is 18.2. The van der Waals surface area contributed by atoms with Gasteiger partial charge in [0.25, 0.3) is 0 Å². The molecule has 0 radical (unpaired) electrons. The lowest BCUT2D eigenvalue weighted by Gasteiger charge is -2.25. The Labute approximate surface area is 175 Å². The zero-order valence-electron chi connectivity index (χ0n) is 18.3. The first-order chi connectivity index (χ1) is 14.0. The first kappa shape index (κ1) is 22.9. The highest BCUT2D eigenvalue weighted by Crippen LogP contribution is 2.19. The average molecular weight is 397 g/mol. The first-order valence-corrected chi connectivity index (χ1v) is 10.6. The summed E-state index contributed by atoms with van der Waals surface area (Å²) >= 11 is 0. The quantitative estimate of drug-likeness (QED) is 0.425. The van der Waals surface area contributed by atoms with E-state index < -0.39 is 5.60 Å². The van der Waals surface area contributed by atoms with E-state index in [1.807, 2.05) is 44.2 Å². The Hall–Kier alpha value is -2.37. The van der Waals surface area contributed by atoms with E-state index in [1.54, 1.807) is 0 Å². The molecule has 3 N–H and O–H groups in total. The van der Waals surface area contributed by atoms with E-state index >= 15 is 0 Å². The molecule has 0 aromatic heterocycles. The van der Waals surface area contributed by atoms with Crippen LogP contribution in [0.5, 0.6) is 0 Å². The van der Waals surface area contributed by atoms with Crippen molar-refractivity contribution in [1.29, 1.82) is 0 Å². The summed E-state index contributed by atoms with van der Waals surface area (Å²) in [7, 11) is 0. The highest BCUT2D eigenvalue weighted by molar-refractivity contribution is 5.79. The summed E-state index contributed by atoms with van der Waals surface area (Å²) in [5.41, 5.74) is 2.45. The zero-order chi connectivity index (χ0) is 21.1. The molecule has 0 saturated heterocycles. The van der Waals surface area contributed by atoms with Crippen molar-refractivity contribution in [2.24, 2.45) is 4.99 Å². The molecule has 0 aliphatic heterocycles. The molecule has 2 rings (SSSR count). The van der Waals surface area contributed by atoms with Gasteiger partial charge in [-0.3, -0.25) is 4.90 Å². The van der Waals surface area contributed by atoms with Gasteiger partial charge in [0, 0.05) is 13.1 Å². The highest BCUT2D eigenvalue weighted by Gasteiger charge is 2.22. The van der Waals surface area contributed by atoms with Crippen LogP contribution in [0.25, 0.3) is 0 Å². The molecule has 29 heavy (non-hydrogen) atoms. The van der Waals surface area contributed by atoms with Crippen LogP contribution in [0, 0.1) is 0 Å². The van der Waals surface area contributed by atoms with E-state index in [0.717, 1.165) is 31.7 Å². The number of benzene rings is 2. The van der Waals surface area contributed by atoms with Crippen molar-refractivity contribution in [2.75, 3.05) is 26.2 Å². The molecular weight excluding hydrogens is 360 g/mol. The summed E-state index contributed by atoms with van der Waals surface area (Å²) in [6.07, 6.45) is 0. The SMILES string of the molecule is CCNC(=NCc1ccccc1CN(CC)CC)NCC(C)(O)c1ccccc1. The second kappa shape index (κ2) is 11.6. The highest BCUT2D eigenvalue weighted by atomic mass is 16.3. The standard InChI is InChI=1S/C24H36N4O/c1-5-25-23(27-19-24(4,29)22-15-9-8-10-16-22)26-17-20-13-11-12-14-21(20)18-28(6-2)7-3/h8-16,29H,5-7,17-19H2,1-4H3,(H2,25,26,27). The van der Waals surface area contributed by atoms with E-state index in [-0.39, 0.29) is 0 Å². The van der Waals surface area contributed by atoms with E-state index in [4.69, 9.17) is 4.99 Å². The van der Waals surface area contributed by atoms with Crippen LogP contribution in [0.15, 0.2) is 59.6 Å². The van der Waals surface area contributed by atoms with Crippen LogP contribution in [0.3, 0.4) is 0 Å². The summed E-state index contributed by atoms with van der Waals surface area (Å²) < 4.78 is 0. The fraction of sp³-hybridized carbons (Fsp3) is 0.458. The number of aliphatic hydroxyl groups is 1. The first-order valence-electron chi connectivity index (χ1n) is 10.6. The third kappa shape index (κ3) is 7.18. The van der Waals surface area contributed by atoms with E-state index in [9.17, 15) is 5.11 Å². The molecule has 2 aromatic rings. The van der Waals surface area contributed by atoms with Gasteiger partial charge in [0.05, 0.1) is 13.1 Å². The van der Waals surface area contributed by atoms with Crippen LogP contribution < -0.4 is 10.6 Å². The predicted octanol–water partition coefficient (Wildman–Crippen LogP) is 3.49. The summed E-state index contributed by atoms with van der Waals surface area (Å²) in [5.74, 6) is 0.710. The van der Waals surface area contributed by atoms with Crippen LogP contribution in [-0.4, -0.2) is 42.1 Å². The molecule has 0 fully saturated rings. The van der Waals surface area contributed by atoms with Gasteiger partial charge < -0.3 is 15.7 Å². The van der Waals surface area contributed by atoms with E-state index in [2.05, 4.69) is 53.6 Å². The Kier molecular flexibility index (Phi) is 9.16. The smallest absolute Gasteiger partial charge is 0.191 e. The predicted molar refractivity (Wildman–Crippen MR) is 122 cm³/mol. The van der Waals surface area contributed by atoms with Gasteiger partial charge in [0.15, 0.2) is 5.96 Å². The van der Waals surface area contributed by atoms with Gasteiger partial charge >= 0.3 is 0 Å². The van der Waals surface area contributed by atoms with E-state index in [0.29, 0.717) is 19.0 Å². The van der Waals surface area contributed by atoms with Gasteiger partial charge in [-0.15, -0.1) is 0 Å². The minimum atomic E-state index is -0.974. The molecule has 158 valence electrons. The molecule has 0 spiro atoms. The normalized spacial score (nSPS) is 13.9. The van der Waals surface area contributed by atoms with Crippen LogP contribution in [0.1, 0.15) is 44.4 Å². The summed E-state index contributed by atoms with van der Waals surface area (Å²) in [5, 5.41) is 17.4. The van der Waals surface area contributed by atoms with Gasteiger partial charge in [-0.05, 0) is 43.6 Å². The monoisotopic (exact) mass is 396 g/mol. The topological polar surface area (TPSA) is 59.9 Å². The Morgan fingerprint density at radius 1 is 0.931 bits per heavy atom. The number of rotatable bonds is 10. The lowest BCUT2D eigenvalue weighted by molar-refractivity contribution is 0.0617. The molecular formula is C24H36N4O. The van der Waals surface area contributed by atoms with Crippen molar-refractivity contribution in [2.45, 2.75) is 46.4 Å². The molecule has 0 amide bonds. The molecule has 0 aliphatic rings. The molecule has 1 atom stereocenters. The number of guanidine groups is 1. The number of aliphatic imine (C=N–C) groups is 1. The van der Waals surface area contributed by atoms with Crippen molar-refractivity contribution >= 4 is 5.96 Å². The minimum absolute atomic E-state index is 0.379. The van der Waals surface area contributed by atoms with Crippen molar-refractivity contribution in [1.82, 2.24) is 15.5 Å². The molecule has 5 nitrogen and oxygen atoms in total. The Morgan fingerprint density at radius 2 is 1.55 bits per heavy atom. The van der Waals surface area contributed by atoms with Gasteiger partial charge in [-0.2, -0.15) is 0 Å². The van der Waals surface area contributed by atoms with Gasteiger partial charge in [0.2, 0.25) is 0 Å². The van der Waals surface area contributed by atoms with Gasteiger partial charge in [0.1, 0.15) is 5.60 Å². The number of hydrogen-bond acceptors (Lipinski definition) is 3. The third-order valence-corrected chi connectivity index (χ3v) is 5.15. The maximum absolute atomic E-state index is 10.8. The number of hydrogen-bond donors (Lipinski definition) is 3. The Bertz CT molecular complexity index is 754. The second-order valence-electron chi connectivity index (χ2n) is 7.42. The fourth-order valence-corrected chi connectivity index (χ4v) is 3.22. The molecule has 0 aliphatic carbocycles. The zero-order valence-corrected chi connectivity index (χ0v) is 18.3. The Balaban J connectivity index is 2.08. The van der Waals surface area contributed by atoms with Crippen LogP contribution in [0.2, 0.25) is 0 Å².